The summed E-state index contributed by atoms with van der Waals surface area (Å²) in [5, 5.41) is 19.5. The molecule has 17 heteroatoms. The molecule has 0 spiro atoms. The van der Waals surface area contributed by atoms with Gasteiger partial charge in [0.2, 0.25) is 20.9 Å². The highest BCUT2D eigenvalue weighted by atomic mass is 32.2. The van der Waals surface area contributed by atoms with Gasteiger partial charge in [0, 0.05) is 0 Å². The van der Waals surface area contributed by atoms with Gasteiger partial charge in [-0.05, 0) is 24.3 Å². The first-order valence-corrected chi connectivity index (χ1v) is 12.2. The number of H-pyrrole nitrogens is 1. The van der Waals surface area contributed by atoms with Crippen LogP contribution in [0.5, 0.6) is 5.75 Å². The first-order valence-electron chi connectivity index (χ1n) is 9.27. The number of nitrogens with two attached hydrogens (primary N) is 1. The molecule has 0 radical (unpaired) electrons. The Morgan fingerprint density at radius 3 is 2.70 bits per heavy atom. The average Bonchev–Trinajstić information content (AvgIpc) is 3.26. The largest absolute Gasteiger partial charge is 1.00 e. The summed E-state index contributed by atoms with van der Waals surface area (Å²) in [5.74, 6) is -0.554. The third kappa shape index (κ3) is 3.52. The van der Waals surface area contributed by atoms with Crippen LogP contribution in [0.3, 0.4) is 0 Å². The molecular weight excluding hydrogens is 485 g/mol. The molecule has 0 bridgehead atoms. The minimum absolute atomic E-state index is 0. The van der Waals surface area contributed by atoms with E-state index in [-0.39, 0.29) is 23.7 Å². The second-order valence-corrected chi connectivity index (χ2v) is 10.5. The highest BCUT2D eigenvalue weighted by Crippen LogP contribution is 2.50. The van der Waals surface area contributed by atoms with E-state index < -0.39 is 65.0 Å². The van der Waals surface area contributed by atoms with Crippen molar-refractivity contribution in [2.24, 2.45) is 0 Å². The van der Waals surface area contributed by atoms with E-state index in [4.69, 9.17) is 15.0 Å². The van der Waals surface area contributed by atoms with Gasteiger partial charge < -0.3 is 34.6 Å². The van der Waals surface area contributed by atoms with Crippen molar-refractivity contribution < 1.29 is 43.3 Å². The van der Waals surface area contributed by atoms with E-state index in [1.807, 2.05) is 0 Å². The zero-order valence-corrected chi connectivity index (χ0v) is 18.0. The molecule has 0 aliphatic carbocycles. The lowest BCUT2D eigenvalue weighted by Crippen LogP contribution is -2.41. The third-order valence-electron chi connectivity index (χ3n) is 5.14. The molecule has 33 heavy (non-hydrogen) atoms. The maximum Gasteiger partial charge on any atom is 1.00 e. The number of anilines is 1. The Hall–Kier alpha value is -2.85. The number of sulfone groups is 1. The Bertz CT molecular complexity index is 1480. The molecule has 4 heterocycles. The van der Waals surface area contributed by atoms with Crippen molar-refractivity contribution in [3.8, 4) is 5.75 Å². The molecule has 5 atom stereocenters. The minimum atomic E-state index is -4.71. The number of ether oxygens (including phenoxy) is 1. The molecule has 0 amide bonds. The molecule has 2 saturated heterocycles. The lowest BCUT2D eigenvalue weighted by Gasteiger charge is -2.34. The summed E-state index contributed by atoms with van der Waals surface area (Å²) in [6.45, 7) is -0.484. The molecule has 3 aromatic rings. The lowest BCUT2D eigenvalue weighted by atomic mass is 10.1. The molecule has 2 aliphatic heterocycles. The summed E-state index contributed by atoms with van der Waals surface area (Å²) in [7, 11) is -9.17. The first kappa shape index (κ1) is 22.0. The molecule has 1 aromatic carbocycles. The summed E-state index contributed by atoms with van der Waals surface area (Å²) in [6.07, 6.45) is -5.79. The van der Waals surface area contributed by atoms with Crippen LogP contribution in [-0.4, -0.2) is 63.1 Å². The number of hydrogen-bond acceptors (Lipinski definition) is 13. The number of benzene rings is 1. The molecule has 2 aliphatic rings. The van der Waals surface area contributed by atoms with Crippen LogP contribution in [0, 0.1) is 0 Å². The molecule has 5 rings (SSSR count). The van der Waals surface area contributed by atoms with Crippen LogP contribution in [0.4, 0.5) is 5.95 Å². The van der Waals surface area contributed by atoms with Gasteiger partial charge in [0.05, 0.1) is 11.5 Å². The highest BCUT2D eigenvalue weighted by Gasteiger charge is 2.51. The van der Waals surface area contributed by atoms with Crippen molar-refractivity contribution in [3.63, 3.8) is 0 Å². The van der Waals surface area contributed by atoms with E-state index >= 15 is 0 Å². The number of hydrogen-bond donors (Lipinski definition) is 4. The lowest BCUT2D eigenvalue weighted by molar-refractivity contribution is -0.245. The number of fused-ring (bicyclic) bond motifs is 2. The molecule has 5 N–H and O–H groups in total. The smallest absolute Gasteiger partial charge is 0.756 e. The van der Waals surface area contributed by atoms with Gasteiger partial charge in [0.1, 0.15) is 24.1 Å². The molecule has 0 saturated carbocycles. The zero-order valence-electron chi connectivity index (χ0n) is 17.3. The van der Waals surface area contributed by atoms with Crippen LogP contribution in [0.2, 0.25) is 0 Å². The van der Waals surface area contributed by atoms with Crippen LogP contribution in [0.1, 0.15) is 7.65 Å². The number of nitrogens with zero attached hydrogens (tertiary/aromatic N) is 3. The maximum absolute atomic E-state index is 13.4. The SMILES string of the molecule is Nc1nc2c(nc(S(=O)(=O)c3ccc(O)cc3)n2[C@@H]2OC3COP(=O)([O-])O[C@H]3C2O)c(=O)[nH]1.[H+]. The van der Waals surface area contributed by atoms with E-state index in [0.717, 1.165) is 28.8 Å². The summed E-state index contributed by atoms with van der Waals surface area (Å²) in [4.78, 5) is 33.8. The van der Waals surface area contributed by atoms with Crippen molar-refractivity contribution in [2.75, 3.05) is 12.3 Å². The average molecular weight is 501 g/mol. The van der Waals surface area contributed by atoms with E-state index in [0.29, 0.717) is 0 Å². The van der Waals surface area contributed by atoms with Crippen LogP contribution in [0.25, 0.3) is 11.2 Å². The topological polar surface area (TPSA) is 232 Å². The van der Waals surface area contributed by atoms with E-state index in [9.17, 15) is 32.9 Å². The number of rotatable bonds is 3. The van der Waals surface area contributed by atoms with Gasteiger partial charge in [-0.15, -0.1) is 0 Å². The summed E-state index contributed by atoms with van der Waals surface area (Å²) < 4.78 is 54.3. The van der Waals surface area contributed by atoms with Crippen molar-refractivity contribution in [2.45, 2.75) is 34.6 Å². The number of phenolic OH excluding ortho intramolecular Hbond substituents is 1. The van der Waals surface area contributed by atoms with Crippen molar-refractivity contribution in [3.05, 3.63) is 34.6 Å². The third-order valence-corrected chi connectivity index (χ3v) is 7.76. The Morgan fingerprint density at radius 1 is 1.30 bits per heavy atom. The van der Waals surface area contributed by atoms with Crippen molar-refractivity contribution >= 4 is 34.8 Å². The summed E-state index contributed by atoms with van der Waals surface area (Å²) in [5.41, 5.74) is 4.01. The predicted molar refractivity (Wildman–Crippen MR) is 106 cm³/mol. The van der Waals surface area contributed by atoms with Crippen molar-refractivity contribution in [1.29, 1.82) is 0 Å². The molecule has 3 unspecified atom stereocenters. The molecular formula is C16H16N5O10PS. The van der Waals surface area contributed by atoms with Crippen LogP contribution in [-0.2, 0) is 28.2 Å². The minimum Gasteiger partial charge on any atom is -0.756 e. The number of phosphoric acid groups is 1. The number of aliphatic hydroxyl groups excluding tert-OH is 1. The second kappa shape index (κ2) is 7.33. The number of aromatic hydroxyl groups is 1. The van der Waals surface area contributed by atoms with E-state index in [1.54, 1.807) is 0 Å². The normalized spacial score (nSPS) is 29.9. The van der Waals surface area contributed by atoms with Gasteiger partial charge >= 0.3 is 1.43 Å². The first-order chi connectivity index (χ1) is 15.5. The number of aromatic amines is 1. The van der Waals surface area contributed by atoms with Gasteiger partial charge in [-0.25, -0.2) is 13.4 Å². The van der Waals surface area contributed by atoms with Gasteiger partial charge in [-0.1, -0.05) is 0 Å². The number of aliphatic hydroxyl groups is 1. The van der Waals surface area contributed by atoms with Gasteiger partial charge in [0.15, 0.2) is 17.4 Å². The van der Waals surface area contributed by atoms with Crippen LogP contribution < -0.4 is 16.2 Å². The number of nitrogen functional groups attached to an aromatic ring is 1. The number of imidazole rings is 1. The fraction of sp³-hybridized carbons (Fsp3) is 0.312. The molecule has 2 fully saturated rings. The quantitative estimate of drug-likeness (QED) is 0.299. The van der Waals surface area contributed by atoms with Crippen LogP contribution >= 0.6 is 7.82 Å². The molecule has 2 aromatic heterocycles. The Balaban J connectivity index is 0.00000274. The summed E-state index contributed by atoms with van der Waals surface area (Å²) in [6, 6.07) is 4.48. The number of nitrogens with one attached hydrogen (secondary N) is 1. The standard InChI is InChI=1S/C16H16N5O10PS/c17-15-19-12-9(13(24)20-15)18-16(33(27,28)7-3-1-6(22)2-4-7)21(12)14-10(23)11-8(30-14)5-29-32(25,26)31-11/h1-4,8,10-11,14,22-23H,5H2,(H,25,26)(H3,17,19,20,24)/t8?,10?,11-,14-/m1/s1. The Kier molecular flexibility index (Phi) is 4.88. The summed E-state index contributed by atoms with van der Waals surface area (Å²) >= 11 is 0. The number of phenols is 1. The fourth-order valence-electron chi connectivity index (χ4n) is 3.67. The Labute approximate surface area is 185 Å². The van der Waals surface area contributed by atoms with Gasteiger partial charge in [-0.2, -0.15) is 4.98 Å². The predicted octanol–water partition coefficient (Wildman–Crippen LogP) is -1.51. The van der Waals surface area contributed by atoms with E-state index in [1.165, 1.54) is 0 Å². The number of phosphoric ester groups is 1. The maximum atomic E-state index is 13.4. The van der Waals surface area contributed by atoms with Gasteiger partial charge in [0.25, 0.3) is 13.4 Å². The van der Waals surface area contributed by atoms with Crippen LogP contribution in [0.15, 0.2) is 39.1 Å². The number of aromatic nitrogens is 4. The highest BCUT2D eigenvalue weighted by molar-refractivity contribution is 7.91. The van der Waals surface area contributed by atoms with Gasteiger partial charge in [-0.3, -0.25) is 18.9 Å². The Morgan fingerprint density at radius 2 is 2.00 bits per heavy atom. The zero-order chi connectivity index (χ0) is 23.7. The van der Waals surface area contributed by atoms with Crippen molar-refractivity contribution in [1.82, 2.24) is 19.5 Å². The second-order valence-electron chi connectivity index (χ2n) is 7.25. The monoisotopic (exact) mass is 501 g/mol. The van der Waals surface area contributed by atoms with E-state index in [2.05, 4.69) is 19.5 Å². The molecule has 176 valence electrons. The molecule has 15 nitrogen and oxygen atoms in total. The fourth-order valence-corrected chi connectivity index (χ4v) is 5.99.